The molecule has 1 N–H and O–H groups in total. The molecule has 3 rings (SSSR count). The molecular formula is C19H23N5OS. The molecule has 0 fully saturated rings. The number of nitrogens with one attached hydrogen (secondary N) is 1. The van der Waals surface area contributed by atoms with Gasteiger partial charge in [0.2, 0.25) is 5.91 Å². The van der Waals surface area contributed by atoms with E-state index >= 15 is 0 Å². The molecule has 0 aliphatic rings. The van der Waals surface area contributed by atoms with E-state index in [1.54, 1.807) is 10.9 Å². The van der Waals surface area contributed by atoms with E-state index < -0.39 is 0 Å². The number of carbonyl (C=O) groups is 1. The van der Waals surface area contributed by atoms with Gasteiger partial charge in [-0.25, -0.2) is 9.97 Å². The number of benzene rings is 1. The van der Waals surface area contributed by atoms with Gasteiger partial charge < -0.3 is 5.32 Å². The van der Waals surface area contributed by atoms with E-state index in [0.717, 1.165) is 33.7 Å². The summed E-state index contributed by atoms with van der Waals surface area (Å²) in [6.45, 7) is 6.20. The van der Waals surface area contributed by atoms with Gasteiger partial charge in [0.1, 0.15) is 11.4 Å². The summed E-state index contributed by atoms with van der Waals surface area (Å²) in [5.41, 5.74) is 2.81. The van der Waals surface area contributed by atoms with Crippen molar-refractivity contribution in [1.82, 2.24) is 19.7 Å². The van der Waals surface area contributed by atoms with Gasteiger partial charge in [-0.2, -0.15) is 5.10 Å². The second-order valence-electron chi connectivity index (χ2n) is 6.33. The summed E-state index contributed by atoms with van der Waals surface area (Å²) in [6.07, 6.45) is 4.27. The Morgan fingerprint density at radius 1 is 1.27 bits per heavy atom. The molecule has 2 aromatic heterocycles. The van der Waals surface area contributed by atoms with Crippen LogP contribution in [0.25, 0.3) is 11.0 Å². The maximum atomic E-state index is 12.7. The summed E-state index contributed by atoms with van der Waals surface area (Å²) in [4.78, 5) is 21.3. The molecule has 26 heavy (non-hydrogen) atoms. The molecule has 0 bridgehead atoms. The maximum Gasteiger partial charge on any atom is 0.237 e. The zero-order chi connectivity index (χ0) is 18.7. The van der Waals surface area contributed by atoms with Crippen LogP contribution in [0.15, 0.2) is 41.8 Å². The van der Waals surface area contributed by atoms with Crippen molar-refractivity contribution < 1.29 is 4.79 Å². The molecule has 136 valence electrons. The number of thioether (sulfide) groups is 1. The minimum Gasteiger partial charge on any atom is -0.325 e. The van der Waals surface area contributed by atoms with Crippen LogP contribution in [0.3, 0.4) is 0 Å². The first-order valence-electron chi connectivity index (χ1n) is 8.70. The lowest BCUT2D eigenvalue weighted by molar-refractivity contribution is -0.115. The summed E-state index contributed by atoms with van der Waals surface area (Å²) in [5, 5.41) is 8.62. The number of fused-ring (bicyclic) bond motifs is 1. The zero-order valence-electron chi connectivity index (χ0n) is 15.4. The van der Waals surface area contributed by atoms with Crippen LogP contribution in [0.5, 0.6) is 0 Å². The van der Waals surface area contributed by atoms with Crippen LogP contribution in [0.4, 0.5) is 5.69 Å². The van der Waals surface area contributed by atoms with Crippen molar-refractivity contribution in [3.05, 3.63) is 42.4 Å². The zero-order valence-corrected chi connectivity index (χ0v) is 16.2. The number of amides is 1. The topological polar surface area (TPSA) is 72.7 Å². The van der Waals surface area contributed by atoms with Crippen molar-refractivity contribution in [3.8, 4) is 0 Å². The van der Waals surface area contributed by atoms with Crippen LogP contribution in [-0.2, 0) is 11.8 Å². The van der Waals surface area contributed by atoms with E-state index in [0.29, 0.717) is 5.92 Å². The maximum absolute atomic E-state index is 12.7. The lowest BCUT2D eigenvalue weighted by atomic mass is 9.97. The third kappa shape index (κ3) is 3.72. The van der Waals surface area contributed by atoms with Crippen molar-refractivity contribution in [2.45, 2.75) is 43.4 Å². The fraction of sp³-hybridized carbons (Fsp3) is 0.368. The molecule has 6 nitrogen and oxygen atoms in total. The van der Waals surface area contributed by atoms with Crippen LogP contribution in [0.1, 0.15) is 38.7 Å². The SMILES string of the molecule is CCC(C)c1ccccc1NC(=O)C(C)Sc1ncnc2c1cnn2C. The highest BCUT2D eigenvalue weighted by molar-refractivity contribution is 8.00. The van der Waals surface area contributed by atoms with Gasteiger partial charge in [-0.1, -0.05) is 43.8 Å². The molecule has 2 atom stereocenters. The molecule has 0 aliphatic carbocycles. The van der Waals surface area contributed by atoms with Crippen LogP contribution >= 0.6 is 11.8 Å². The van der Waals surface area contributed by atoms with E-state index in [2.05, 4.69) is 40.3 Å². The lowest BCUT2D eigenvalue weighted by Gasteiger charge is -2.17. The van der Waals surface area contributed by atoms with Gasteiger partial charge in [0.05, 0.1) is 16.8 Å². The van der Waals surface area contributed by atoms with Crippen molar-refractivity contribution in [2.75, 3.05) is 5.32 Å². The van der Waals surface area contributed by atoms with E-state index in [1.807, 2.05) is 32.2 Å². The fourth-order valence-corrected chi connectivity index (χ4v) is 3.63. The molecule has 0 spiro atoms. The summed E-state index contributed by atoms with van der Waals surface area (Å²) in [5.74, 6) is 0.354. The smallest absolute Gasteiger partial charge is 0.237 e. The second-order valence-corrected chi connectivity index (χ2v) is 7.66. The van der Waals surface area contributed by atoms with Gasteiger partial charge in [-0.3, -0.25) is 9.48 Å². The van der Waals surface area contributed by atoms with Crippen molar-refractivity contribution in [2.24, 2.45) is 7.05 Å². The second kappa shape index (κ2) is 7.86. The van der Waals surface area contributed by atoms with Crippen LogP contribution in [0, 0.1) is 0 Å². The Morgan fingerprint density at radius 3 is 2.81 bits per heavy atom. The largest absolute Gasteiger partial charge is 0.325 e. The number of hydrogen-bond donors (Lipinski definition) is 1. The lowest BCUT2D eigenvalue weighted by Crippen LogP contribution is -2.23. The Hall–Kier alpha value is -2.41. The highest BCUT2D eigenvalue weighted by Crippen LogP contribution is 2.30. The molecule has 2 heterocycles. The number of anilines is 1. The number of para-hydroxylation sites is 1. The van der Waals surface area contributed by atoms with Crippen molar-refractivity contribution in [3.63, 3.8) is 0 Å². The van der Waals surface area contributed by atoms with Crippen molar-refractivity contribution >= 4 is 34.4 Å². The quantitative estimate of drug-likeness (QED) is 0.525. The van der Waals surface area contributed by atoms with Crippen LogP contribution in [-0.4, -0.2) is 30.9 Å². The van der Waals surface area contributed by atoms with Gasteiger partial charge >= 0.3 is 0 Å². The Balaban J connectivity index is 1.76. The predicted octanol–water partition coefficient (Wildman–Crippen LogP) is 4.00. The standard InChI is InChI=1S/C19H23N5OS/c1-5-12(2)14-8-6-7-9-16(14)23-18(25)13(3)26-19-15-10-22-24(4)17(15)20-11-21-19/h6-13H,5H2,1-4H3,(H,23,25). The van der Waals surface area contributed by atoms with Gasteiger partial charge in [0.15, 0.2) is 5.65 Å². The van der Waals surface area contributed by atoms with Gasteiger partial charge in [0.25, 0.3) is 0 Å². The first kappa shape index (κ1) is 18.4. The van der Waals surface area contributed by atoms with Crippen LogP contribution in [0.2, 0.25) is 0 Å². The summed E-state index contributed by atoms with van der Waals surface area (Å²) in [7, 11) is 1.84. The van der Waals surface area contributed by atoms with Crippen LogP contribution < -0.4 is 5.32 Å². The third-order valence-corrected chi connectivity index (χ3v) is 5.63. The summed E-state index contributed by atoms with van der Waals surface area (Å²) < 4.78 is 1.70. The number of aryl methyl sites for hydroxylation is 1. The first-order chi connectivity index (χ1) is 12.5. The Morgan fingerprint density at radius 2 is 2.04 bits per heavy atom. The van der Waals surface area contributed by atoms with Gasteiger partial charge in [-0.05, 0) is 30.9 Å². The first-order valence-corrected chi connectivity index (χ1v) is 9.58. The Bertz CT molecular complexity index is 923. The number of rotatable bonds is 6. The Kier molecular flexibility index (Phi) is 5.56. The molecule has 0 aliphatic heterocycles. The number of carbonyl (C=O) groups excluding carboxylic acids is 1. The van der Waals surface area contributed by atoms with E-state index in [4.69, 9.17) is 0 Å². The average molecular weight is 369 g/mol. The van der Waals surface area contributed by atoms with E-state index in [-0.39, 0.29) is 11.2 Å². The van der Waals surface area contributed by atoms with E-state index in [9.17, 15) is 4.79 Å². The predicted molar refractivity (Wildman–Crippen MR) is 105 cm³/mol. The molecule has 2 unspecified atom stereocenters. The highest BCUT2D eigenvalue weighted by Gasteiger charge is 2.19. The molecule has 3 aromatic rings. The minimum atomic E-state index is -0.293. The molecular weight excluding hydrogens is 346 g/mol. The number of aromatic nitrogens is 4. The normalized spacial score (nSPS) is 13.5. The van der Waals surface area contributed by atoms with Gasteiger partial charge in [-0.15, -0.1) is 0 Å². The summed E-state index contributed by atoms with van der Waals surface area (Å²) in [6, 6.07) is 7.99. The molecule has 1 aromatic carbocycles. The minimum absolute atomic E-state index is 0.0404. The fourth-order valence-electron chi connectivity index (χ4n) is 2.75. The van der Waals surface area contributed by atoms with E-state index in [1.165, 1.54) is 18.1 Å². The highest BCUT2D eigenvalue weighted by atomic mass is 32.2. The molecule has 0 radical (unpaired) electrons. The number of nitrogens with zero attached hydrogens (tertiary/aromatic N) is 4. The van der Waals surface area contributed by atoms with Crippen molar-refractivity contribution in [1.29, 1.82) is 0 Å². The monoisotopic (exact) mass is 369 g/mol. The van der Waals surface area contributed by atoms with Gasteiger partial charge in [0, 0.05) is 12.7 Å². The Labute approximate surface area is 157 Å². The number of hydrogen-bond acceptors (Lipinski definition) is 5. The summed E-state index contributed by atoms with van der Waals surface area (Å²) >= 11 is 1.42. The third-order valence-electron chi connectivity index (χ3n) is 4.51. The molecule has 0 saturated heterocycles. The molecule has 1 amide bonds. The average Bonchev–Trinajstić information content (AvgIpc) is 3.03. The molecule has 0 saturated carbocycles. The molecule has 7 heteroatoms.